The Hall–Kier alpha value is -3.50. The van der Waals surface area contributed by atoms with Gasteiger partial charge in [0.15, 0.2) is 4.80 Å². The molecule has 2 heterocycles. The van der Waals surface area contributed by atoms with E-state index in [0.29, 0.717) is 37.7 Å². The van der Waals surface area contributed by atoms with Crippen molar-refractivity contribution in [3.63, 3.8) is 0 Å². The summed E-state index contributed by atoms with van der Waals surface area (Å²) in [4.78, 5) is 43.0. The second-order valence-electron chi connectivity index (χ2n) is 7.62. The maximum absolute atomic E-state index is 13.7. The molecule has 10 heteroatoms. The van der Waals surface area contributed by atoms with Crippen molar-refractivity contribution in [3.05, 3.63) is 89.0 Å². The van der Waals surface area contributed by atoms with Crippen LogP contribution >= 0.6 is 27.3 Å². The van der Waals surface area contributed by atoms with Gasteiger partial charge in [-0.2, -0.15) is 0 Å². The van der Waals surface area contributed by atoms with Gasteiger partial charge in [0.1, 0.15) is 11.5 Å². The van der Waals surface area contributed by atoms with Gasteiger partial charge in [-0.25, -0.2) is 9.79 Å². The van der Waals surface area contributed by atoms with Crippen LogP contribution in [0.4, 0.5) is 0 Å². The Kier molecular flexibility index (Phi) is 7.04. The van der Waals surface area contributed by atoms with Crippen molar-refractivity contribution in [1.82, 2.24) is 4.57 Å². The van der Waals surface area contributed by atoms with Gasteiger partial charge in [-0.05, 0) is 48.9 Å². The summed E-state index contributed by atoms with van der Waals surface area (Å²) >= 11 is 4.60. The van der Waals surface area contributed by atoms with Crippen LogP contribution < -0.4 is 24.4 Å². The molecule has 0 amide bonds. The molecular formula is C25H21BrN2O6S. The molecule has 1 aromatic heterocycles. The molecule has 2 aromatic carbocycles. The highest BCUT2D eigenvalue weighted by Gasteiger charge is 2.33. The number of aromatic nitrogens is 1. The first kappa shape index (κ1) is 24.6. The lowest BCUT2D eigenvalue weighted by Crippen LogP contribution is -2.39. The fourth-order valence-electron chi connectivity index (χ4n) is 3.82. The maximum Gasteiger partial charge on any atom is 0.338 e. The second kappa shape index (κ2) is 10.0. The Balaban J connectivity index is 1.96. The van der Waals surface area contributed by atoms with Gasteiger partial charge in [-0.15, -0.1) is 0 Å². The number of nitrogens with zero attached hydrogens (tertiary/aromatic N) is 2. The molecule has 0 spiro atoms. The summed E-state index contributed by atoms with van der Waals surface area (Å²) in [7, 11) is 2.86. The quantitative estimate of drug-likeness (QED) is 0.354. The molecule has 0 N–H and O–H groups in total. The third-order valence-corrected chi connectivity index (χ3v) is 6.85. The number of rotatable bonds is 5. The Bertz CT molecular complexity index is 1540. The number of benzene rings is 2. The zero-order valence-electron chi connectivity index (χ0n) is 19.3. The highest BCUT2D eigenvalue weighted by atomic mass is 79.9. The minimum absolute atomic E-state index is 0.277. The molecule has 180 valence electrons. The van der Waals surface area contributed by atoms with E-state index in [1.807, 2.05) is 0 Å². The Morgan fingerprint density at radius 2 is 1.86 bits per heavy atom. The van der Waals surface area contributed by atoms with Crippen molar-refractivity contribution >= 4 is 45.3 Å². The first-order valence-corrected chi connectivity index (χ1v) is 12.1. The van der Waals surface area contributed by atoms with E-state index in [-0.39, 0.29) is 11.1 Å². The predicted octanol–water partition coefficient (Wildman–Crippen LogP) is 3.10. The van der Waals surface area contributed by atoms with Crippen molar-refractivity contribution in [3.8, 4) is 11.5 Å². The summed E-state index contributed by atoms with van der Waals surface area (Å²) < 4.78 is 18.2. The Morgan fingerprint density at radius 3 is 2.49 bits per heavy atom. The van der Waals surface area contributed by atoms with Crippen molar-refractivity contribution in [1.29, 1.82) is 0 Å². The van der Waals surface area contributed by atoms with Crippen LogP contribution in [-0.4, -0.2) is 30.7 Å². The molecule has 3 aromatic rings. The molecule has 0 bridgehead atoms. The van der Waals surface area contributed by atoms with Gasteiger partial charge in [0, 0.05) is 17.0 Å². The molecule has 35 heavy (non-hydrogen) atoms. The average Bonchev–Trinajstić information content (AvgIpc) is 3.13. The normalized spacial score (nSPS) is 15.3. The van der Waals surface area contributed by atoms with E-state index in [1.165, 1.54) is 29.9 Å². The van der Waals surface area contributed by atoms with E-state index in [9.17, 15) is 14.4 Å². The molecule has 8 nitrogen and oxygen atoms in total. The smallest absolute Gasteiger partial charge is 0.338 e. The largest absolute Gasteiger partial charge is 0.497 e. The molecule has 1 aliphatic heterocycles. The topological polar surface area (TPSA) is 96.2 Å². The minimum Gasteiger partial charge on any atom is -0.497 e. The standard InChI is InChI=1S/C25H21BrN2O6S/c1-13-21(24(31)33-4)22(15-5-8-18(32-3)9-6-15)28-23(30)20(35-25(28)27-13)12-16-11-17(26)7-10-19(16)34-14(2)29/h5-12,22H,1-4H3/t22-/m1/s1. The van der Waals surface area contributed by atoms with Crippen LogP contribution in [0.5, 0.6) is 11.5 Å². The summed E-state index contributed by atoms with van der Waals surface area (Å²) in [5.41, 5.74) is 1.66. The first-order valence-electron chi connectivity index (χ1n) is 10.5. The Labute approximate surface area is 212 Å². The van der Waals surface area contributed by atoms with Crippen LogP contribution in [0.3, 0.4) is 0 Å². The van der Waals surface area contributed by atoms with Gasteiger partial charge in [-0.3, -0.25) is 14.2 Å². The lowest BCUT2D eigenvalue weighted by Gasteiger charge is -2.24. The fraction of sp³-hybridized carbons (Fsp3) is 0.200. The number of hydrogen-bond acceptors (Lipinski definition) is 8. The number of halogens is 1. The summed E-state index contributed by atoms with van der Waals surface area (Å²) in [6.07, 6.45) is 1.65. The molecule has 0 saturated carbocycles. The minimum atomic E-state index is -0.734. The van der Waals surface area contributed by atoms with Gasteiger partial charge in [-0.1, -0.05) is 39.4 Å². The zero-order chi connectivity index (χ0) is 25.3. The Morgan fingerprint density at radius 1 is 1.14 bits per heavy atom. The number of allylic oxidation sites excluding steroid dienone is 1. The number of esters is 2. The molecule has 1 atom stereocenters. The fourth-order valence-corrected chi connectivity index (χ4v) is 5.23. The molecule has 0 saturated heterocycles. The third kappa shape index (κ3) is 4.85. The number of ether oxygens (including phenoxy) is 3. The van der Waals surface area contributed by atoms with E-state index in [0.717, 1.165) is 4.47 Å². The number of carbonyl (C=O) groups excluding carboxylic acids is 2. The summed E-state index contributed by atoms with van der Waals surface area (Å²) in [6, 6.07) is 11.5. The molecule has 0 radical (unpaired) electrons. The highest BCUT2D eigenvalue weighted by molar-refractivity contribution is 9.10. The van der Waals surface area contributed by atoms with Gasteiger partial charge in [0.05, 0.1) is 36.1 Å². The van der Waals surface area contributed by atoms with Crippen LogP contribution in [0, 0.1) is 0 Å². The van der Waals surface area contributed by atoms with E-state index in [4.69, 9.17) is 14.2 Å². The number of methoxy groups -OCH3 is 2. The van der Waals surface area contributed by atoms with Crippen LogP contribution in [0.2, 0.25) is 0 Å². The van der Waals surface area contributed by atoms with Gasteiger partial charge in [0.25, 0.3) is 5.56 Å². The molecule has 1 aliphatic rings. The third-order valence-electron chi connectivity index (χ3n) is 5.37. The number of carbonyl (C=O) groups is 2. The van der Waals surface area contributed by atoms with Crippen molar-refractivity contribution in [2.45, 2.75) is 19.9 Å². The first-order chi connectivity index (χ1) is 16.7. The van der Waals surface area contributed by atoms with Crippen molar-refractivity contribution < 1.29 is 23.8 Å². The zero-order valence-corrected chi connectivity index (χ0v) is 21.7. The van der Waals surface area contributed by atoms with Crippen LogP contribution in [0.25, 0.3) is 6.08 Å². The SMILES string of the molecule is COC(=O)C1=C(C)N=c2sc(=Cc3cc(Br)ccc3OC(C)=O)c(=O)n2[C@@H]1c1ccc(OC)cc1. The van der Waals surface area contributed by atoms with Crippen LogP contribution in [0.1, 0.15) is 31.0 Å². The lowest BCUT2D eigenvalue weighted by molar-refractivity contribution is -0.136. The van der Waals surface area contributed by atoms with Gasteiger partial charge < -0.3 is 14.2 Å². The summed E-state index contributed by atoms with van der Waals surface area (Å²) in [5.74, 6) is -0.0643. The van der Waals surface area contributed by atoms with E-state index >= 15 is 0 Å². The molecular weight excluding hydrogens is 536 g/mol. The molecule has 4 rings (SSSR count). The predicted molar refractivity (Wildman–Crippen MR) is 134 cm³/mol. The monoisotopic (exact) mass is 556 g/mol. The van der Waals surface area contributed by atoms with Gasteiger partial charge >= 0.3 is 11.9 Å². The summed E-state index contributed by atoms with van der Waals surface area (Å²) in [6.45, 7) is 3.03. The van der Waals surface area contributed by atoms with E-state index < -0.39 is 18.0 Å². The molecule has 0 unspecified atom stereocenters. The van der Waals surface area contributed by atoms with Crippen molar-refractivity contribution in [2.24, 2.45) is 4.99 Å². The summed E-state index contributed by atoms with van der Waals surface area (Å²) in [5, 5.41) is 0. The number of thiazole rings is 1. The van der Waals surface area contributed by atoms with Crippen LogP contribution in [0.15, 0.2) is 68.0 Å². The van der Waals surface area contributed by atoms with E-state index in [2.05, 4.69) is 20.9 Å². The van der Waals surface area contributed by atoms with E-state index in [1.54, 1.807) is 62.6 Å². The number of hydrogen-bond donors (Lipinski definition) is 0. The van der Waals surface area contributed by atoms with Crippen molar-refractivity contribution in [2.75, 3.05) is 14.2 Å². The maximum atomic E-state index is 13.7. The van der Waals surface area contributed by atoms with Gasteiger partial charge in [0.2, 0.25) is 0 Å². The molecule has 0 aliphatic carbocycles. The second-order valence-corrected chi connectivity index (χ2v) is 9.55. The lowest BCUT2D eigenvalue weighted by atomic mass is 9.96. The number of fused-ring (bicyclic) bond motifs is 1. The average molecular weight is 557 g/mol. The van der Waals surface area contributed by atoms with Crippen LogP contribution in [-0.2, 0) is 14.3 Å². The molecule has 0 fully saturated rings. The highest BCUT2D eigenvalue weighted by Crippen LogP contribution is 2.31.